The van der Waals surface area contributed by atoms with Crippen molar-refractivity contribution in [3.63, 3.8) is 0 Å². The van der Waals surface area contributed by atoms with Crippen LogP contribution in [0.1, 0.15) is 72.8 Å². The van der Waals surface area contributed by atoms with Gasteiger partial charge in [-0.15, -0.1) is 13.2 Å². The fourth-order valence-corrected chi connectivity index (χ4v) is 5.51. The summed E-state index contributed by atoms with van der Waals surface area (Å²) in [4.78, 5) is 34.8. The minimum atomic E-state index is -4.79. The van der Waals surface area contributed by atoms with Crippen molar-refractivity contribution in [2.45, 2.75) is 63.3 Å². The molecule has 1 unspecified atom stereocenters. The van der Waals surface area contributed by atoms with Gasteiger partial charge in [0.25, 0.3) is 5.91 Å². The summed E-state index contributed by atoms with van der Waals surface area (Å²) in [5, 5.41) is 12.5. The van der Waals surface area contributed by atoms with Crippen LogP contribution in [-0.4, -0.2) is 55.7 Å². The lowest BCUT2D eigenvalue weighted by atomic mass is 9.93. The molecule has 2 N–H and O–H groups in total. The second-order valence-electron chi connectivity index (χ2n) is 9.83. The fourth-order valence-electron chi connectivity index (χ4n) is 5.51. The van der Waals surface area contributed by atoms with E-state index < -0.39 is 6.36 Å². The minimum absolute atomic E-state index is 0.123. The number of nitrogens with zero attached hydrogens (tertiary/aromatic N) is 4. The molecule has 38 heavy (non-hydrogen) atoms. The number of ether oxygens (including phenoxy) is 1. The van der Waals surface area contributed by atoms with Gasteiger partial charge in [0, 0.05) is 30.9 Å². The number of H-pyrrole nitrogens is 1. The molecular weight excluding hydrogens is 503 g/mol. The average molecular weight is 532 g/mol. The van der Waals surface area contributed by atoms with Gasteiger partial charge in [-0.05, 0) is 86.8 Å². The largest absolute Gasteiger partial charge is 0.573 e. The molecule has 2 aromatic heterocycles. The van der Waals surface area contributed by atoms with Gasteiger partial charge in [0.15, 0.2) is 5.65 Å². The zero-order valence-corrected chi connectivity index (χ0v) is 20.6. The third kappa shape index (κ3) is 5.53. The third-order valence-electron chi connectivity index (χ3n) is 7.46. The lowest BCUT2D eigenvalue weighted by Crippen LogP contribution is -2.40. The average Bonchev–Trinajstić information content (AvgIpc) is 3.06. The number of hydrogen-bond acceptors (Lipinski definition) is 6. The molecule has 2 fully saturated rings. The minimum Gasteiger partial charge on any atom is -0.411 e. The second kappa shape index (κ2) is 10.5. The Morgan fingerprint density at radius 1 is 1.11 bits per heavy atom. The van der Waals surface area contributed by atoms with Crippen LogP contribution in [0.25, 0.3) is 11.2 Å². The van der Waals surface area contributed by atoms with Gasteiger partial charge in [-0.3, -0.25) is 14.3 Å². The van der Waals surface area contributed by atoms with Gasteiger partial charge < -0.3 is 14.8 Å². The number of amides is 1. The number of alkyl halides is 3. The SMILES string of the molecule is O=C(c1ccc(OC(F)(F)F)cc1)N1CCC(n2c(=O)[nH]c3ncc(C4CCCC(=NO)CC4)cc32)CC1. The summed E-state index contributed by atoms with van der Waals surface area (Å²) in [6.45, 7) is 0.810. The van der Waals surface area contributed by atoms with Crippen molar-refractivity contribution < 1.29 is 27.9 Å². The molecule has 1 saturated heterocycles. The number of hydrogen-bond donors (Lipinski definition) is 2. The monoisotopic (exact) mass is 531 g/mol. The molecule has 1 amide bonds. The molecule has 3 heterocycles. The zero-order valence-electron chi connectivity index (χ0n) is 20.6. The molecular formula is C26H28F3N5O4. The Hall–Kier alpha value is -3.83. The first-order valence-corrected chi connectivity index (χ1v) is 12.7. The van der Waals surface area contributed by atoms with Crippen molar-refractivity contribution in [3.8, 4) is 5.75 Å². The van der Waals surface area contributed by atoms with E-state index in [1.165, 1.54) is 12.1 Å². The smallest absolute Gasteiger partial charge is 0.411 e. The quantitative estimate of drug-likeness (QED) is 0.280. The Morgan fingerprint density at radius 2 is 1.84 bits per heavy atom. The normalized spacial score (nSPS) is 20.6. The Kier molecular flexibility index (Phi) is 7.13. The first-order chi connectivity index (χ1) is 18.2. The Morgan fingerprint density at radius 3 is 2.53 bits per heavy atom. The van der Waals surface area contributed by atoms with E-state index in [0.29, 0.717) is 31.6 Å². The Labute approximate surface area is 215 Å². The molecule has 202 valence electrons. The van der Waals surface area contributed by atoms with Gasteiger partial charge >= 0.3 is 12.1 Å². The van der Waals surface area contributed by atoms with Crippen molar-refractivity contribution in [3.05, 3.63) is 58.1 Å². The summed E-state index contributed by atoms with van der Waals surface area (Å²) >= 11 is 0. The topological polar surface area (TPSA) is 113 Å². The predicted octanol–water partition coefficient (Wildman–Crippen LogP) is 4.98. The fraction of sp³-hybridized carbons (Fsp3) is 0.462. The van der Waals surface area contributed by atoms with E-state index in [2.05, 4.69) is 19.9 Å². The van der Waals surface area contributed by atoms with Crippen LogP contribution in [0.2, 0.25) is 0 Å². The standard InChI is InChI=1S/C26H28F3N5O4/c27-26(28,29)38-21-8-5-17(6-9-21)24(35)33-12-10-20(11-13-33)34-22-14-18(15-30-23(22)31-25(34)36)16-2-1-3-19(32-37)7-4-16/h5-6,8-9,14-16,20,37H,1-4,7,10-13H2,(H,30,31,36). The van der Waals surface area contributed by atoms with E-state index in [4.69, 9.17) is 5.21 Å². The number of aromatic amines is 1. The van der Waals surface area contributed by atoms with Gasteiger partial charge in [0.2, 0.25) is 0 Å². The number of aromatic nitrogens is 3. The first-order valence-electron chi connectivity index (χ1n) is 12.7. The highest BCUT2D eigenvalue weighted by Gasteiger charge is 2.31. The van der Waals surface area contributed by atoms with Crippen LogP contribution in [0.3, 0.4) is 0 Å². The number of carbonyl (C=O) groups is 1. The molecule has 12 heteroatoms. The Balaban J connectivity index is 1.28. The highest BCUT2D eigenvalue weighted by Crippen LogP contribution is 2.33. The maximum atomic E-state index is 12.9. The second-order valence-corrected chi connectivity index (χ2v) is 9.83. The predicted molar refractivity (Wildman–Crippen MR) is 133 cm³/mol. The Bertz CT molecular complexity index is 1390. The molecule has 9 nitrogen and oxygen atoms in total. The molecule has 1 aromatic carbocycles. The number of pyridine rings is 1. The van der Waals surface area contributed by atoms with E-state index in [-0.39, 0.29) is 34.9 Å². The van der Waals surface area contributed by atoms with Crippen molar-refractivity contribution in [2.75, 3.05) is 13.1 Å². The van der Waals surface area contributed by atoms with E-state index in [9.17, 15) is 22.8 Å². The number of imidazole rings is 1. The molecule has 5 rings (SSSR count). The molecule has 1 aliphatic heterocycles. The summed E-state index contributed by atoms with van der Waals surface area (Å²) in [6, 6.07) is 6.77. The van der Waals surface area contributed by atoms with Crippen LogP contribution in [0, 0.1) is 0 Å². The van der Waals surface area contributed by atoms with E-state index in [1.807, 2.05) is 6.07 Å². The maximum Gasteiger partial charge on any atom is 0.573 e. The van der Waals surface area contributed by atoms with Crippen molar-refractivity contribution >= 4 is 22.8 Å². The molecule has 0 bridgehead atoms. The van der Waals surface area contributed by atoms with Crippen LogP contribution in [0.4, 0.5) is 13.2 Å². The van der Waals surface area contributed by atoms with Gasteiger partial charge in [0.05, 0.1) is 11.2 Å². The molecule has 0 radical (unpaired) electrons. The van der Waals surface area contributed by atoms with E-state index in [0.717, 1.165) is 61.0 Å². The van der Waals surface area contributed by atoms with E-state index >= 15 is 0 Å². The lowest BCUT2D eigenvalue weighted by Gasteiger charge is -2.32. The summed E-state index contributed by atoms with van der Waals surface area (Å²) < 4.78 is 42.8. The highest BCUT2D eigenvalue weighted by atomic mass is 19.4. The van der Waals surface area contributed by atoms with Crippen molar-refractivity contribution in [1.82, 2.24) is 19.4 Å². The number of piperidine rings is 1. The molecule has 0 spiro atoms. The van der Waals surface area contributed by atoms with Crippen LogP contribution >= 0.6 is 0 Å². The third-order valence-corrected chi connectivity index (χ3v) is 7.46. The van der Waals surface area contributed by atoms with Gasteiger partial charge in [0.1, 0.15) is 5.75 Å². The van der Waals surface area contributed by atoms with Crippen LogP contribution in [0.15, 0.2) is 46.5 Å². The summed E-state index contributed by atoms with van der Waals surface area (Å²) in [5.74, 6) is -0.404. The first kappa shape index (κ1) is 25.8. The summed E-state index contributed by atoms with van der Waals surface area (Å²) in [7, 11) is 0. The number of likely N-dealkylation sites (tertiary alicyclic amines) is 1. The number of benzene rings is 1. The molecule has 1 atom stereocenters. The number of halogens is 3. The number of rotatable bonds is 4. The van der Waals surface area contributed by atoms with Crippen molar-refractivity contribution in [2.24, 2.45) is 5.16 Å². The van der Waals surface area contributed by atoms with E-state index in [1.54, 1.807) is 15.7 Å². The summed E-state index contributed by atoms with van der Waals surface area (Å²) in [6.07, 6.45) is 2.35. The van der Waals surface area contributed by atoms with Gasteiger partial charge in [-0.2, -0.15) is 0 Å². The lowest BCUT2D eigenvalue weighted by molar-refractivity contribution is -0.274. The van der Waals surface area contributed by atoms with Gasteiger partial charge in [-0.25, -0.2) is 9.78 Å². The van der Waals surface area contributed by atoms with Crippen LogP contribution in [-0.2, 0) is 0 Å². The van der Waals surface area contributed by atoms with Crippen LogP contribution in [0.5, 0.6) is 5.75 Å². The number of nitrogens with one attached hydrogen (secondary N) is 1. The highest BCUT2D eigenvalue weighted by molar-refractivity contribution is 5.94. The number of oxime groups is 1. The summed E-state index contributed by atoms with van der Waals surface area (Å²) in [5.41, 5.74) is 3.14. The molecule has 3 aromatic rings. The maximum absolute atomic E-state index is 12.9. The zero-order chi connectivity index (χ0) is 26.9. The van der Waals surface area contributed by atoms with Crippen LogP contribution < -0.4 is 10.4 Å². The molecule has 2 aliphatic rings. The molecule has 1 saturated carbocycles. The number of carbonyl (C=O) groups excluding carboxylic acids is 1. The molecule has 1 aliphatic carbocycles. The number of fused-ring (bicyclic) bond motifs is 1. The van der Waals surface area contributed by atoms with Gasteiger partial charge in [-0.1, -0.05) is 5.16 Å². The van der Waals surface area contributed by atoms with Crippen molar-refractivity contribution in [1.29, 1.82) is 0 Å².